The third kappa shape index (κ3) is 4.46. The molecule has 0 aliphatic rings. The smallest absolute Gasteiger partial charge is 0.125 e. The number of aliphatic imine (C=N–C) groups is 1. The Kier molecular flexibility index (Phi) is 5.74. The predicted molar refractivity (Wildman–Crippen MR) is 92.0 cm³/mol. The molecule has 0 fully saturated rings. The van der Waals surface area contributed by atoms with E-state index in [4.69, 9.17) is 16.2 Å². The third-order valence-electron chi connectivity index (χ3n) is 3.22. The molecule has 0 bridgehead atoms. The van der Waals surface area contributed by atoms with E-state index in [-0.39, 0.29) is 0 Å². The van der Waals surface area contributed by atoms with Gasteiger partial charge in [-0.2, -0.15) is 0 Å². The van der Waals surface area contributed by atoms with Crippen LogP contribution in [0.5, 0.6) is 5.75 Å². The fourth-order valence-electron chi connectivity index (χ4n) is 1.95. The van der Waals surface area contributed by atoms with Crippen LogP contribution in [0.2, 0.25) is 0 Å². The Bertz CT molecular complexity index is 643. The summed E-state index contributed by atoms with van der Waals surface area (Å²) in [6.45, 7) is 1.08. The van der Waals surface area contributed by atoms with E-state index in [0.717, 1.165) is 22.4 Å². The first-order valence-electron chi connectivity index (χ1n) is 7.14. The van der Waals surface area contributed by atoms with Crippen LogP contribution in [0.25, 0.3) is 6.08 Å². The zero-order chi connectivity index (χ0) is 15.8. The van der Waals surface area contributed by atoms with Crippen molar-refractivity contribution < 1.29 is 4.74 Å². The minimum absolute atomic E-state index is 0.521. The van der Waals surface area contributed by atoms with E-state index in [0.29, 0.717) is 19.0 Å². The molecule has 2 rings (SSSR count). The topological polar surface area (TPSA) is 73.6 Å². The highest BCUT2D eigenvalue weighted by Crippen LogP contribution is 2.15. The van der Waals surface area contributed by atoms with E-state index >= 15 is 0 Å². The van der Waals surface area contributed by atoms with Gasteiger partial charge in [-0.05, 0) is 35.4 Å². The molecule has 0 saturated heterocycles. The van der Waals surface area contributed by atoms with Crippen LogP contribution in [0.15, 0.2) is 59.6 Å². The third-order valence-corrected chi connectivity index (χ3v) is 3.22. The second kappa shape index (κ2) is 8.00. The first-order valence-corrected chi connectivity index (χ1v) is 7.14. The standard InChI is InChI=1S/C18H21N3O/c1-21-18(20)16-8-10-17(11-9-16)22-13-15-6-4-14(5-7-15)3-2-12-19/h2-11H,12-13,19H2,1H3,(H2,20,21). The number of rotatable bonds is 6. The van der Waals surface area contributed by atoms with Gasteiger partial charge in [0.05, 0.1) is 0 Å². The van der Waals surface area contributed by atoms with Crippen LogP contribution < -0.4 is 16.2 Å². The highest BCUT2D eigenvalue weighted by atomic mass is 16.5. The average Bonchev–Trinajstić information content (AvgIpc) is 2.58. The first kappa shape index (κ1) is 15.8. The summed E-state index contributed by atoms with van der Waals surface area (Å²) in [6.07, 6.45) is 3.93. The summed E-state index contributed by atoms with van der Waals surface area (Å²) in [5.41, 5.74) is 14.3. The molecule has 0 heterocycles. The highest BCUT2D eigenvalue weighted by Gasteiger charge is 1.99. The van der Waals surface area contributed by atoms with Crippen molar-refractivity contribution in [2.45, 2.75) is 6.61 Å². The van der Waals surface area contributed by atoms with Crippen molar-refractivity contribution in [3.05, 3.63) is 71.3 Å². The monoisotopic (exact) mass is 295 g/mol. The van der Waals surface area contributed by atoms with Gasteiger partial charge >= 0.3 is 0 Å². The fraction of sp³-hybridized carbons (Fsp3) is 0.167. The van der Waals surface area contributed by atoms with Gasteiger partial charge in [-0.3, -0.25) is 4.99 Å². The Morgan fingerprint density at radius 1 is 1.09 bits per heavy atom. The number of hydrogen-bond donors (Lipinski definition) is 2. The predicted octanol–water partition coefficient (Wildman–Crippen LogP) is 2.57. The maximum atomic E-state index is 5.76. The molecule has 0 aliphatic heterocycles. The second-order valence-corrected chi connectivity index (χ2v) is 4.80. The van der Waals surface area contributed by atoms with Crippen LogP contribution in [-0.4, -0.2) is 19.4 Å². The Hall–Kier alpha value is -2.59. The van der Waals surface area contributed by atoms with Gasteiger partial charge < -0.3 is 16.2 Å². The molecule has 4 N–H and O–H groups in total. The molecule has 0 unspecified atom stereocenters. The molecule has 2 aromatic rings. The van der Waals surface area contributed by atoms with Crippen molar-refractivity contribution in [3.8, 4) is 5.75 Å². The van der Waals surface area contributed by atoms with E-state index in [9.17, 15) is 0 Å². The molecule has 2 aromatic carbocycles. The Morgan fingerprint density at radius 3 is 2.36 bits per heavy atom. The Morgan fingerprint density at radius 2 is 1.77 bits per heavy atom. The van der Waals surface area contributed by atoms with Crippen molar-refractivity contribution in [1.29, 1.82) is 0 Å². The van der Waals surface area contributed by atoms with Gasteiger partial charge in [-0.25, -0.2) is 0 Å². The number of hydrogen-bond acceptors (Lipinski definition) is 3. The molecule has 0 radical (unpaired) electrons. The molecule has 0 atom stereocenters. The lowest BCUT2D eigenvalue weighted by atomic mass is 10.1. The van der Waals surface area contributed by atoms with Crippen LogP contribution in [0.4, 0.5) is 0 Å². The molecule has 114 valence electrons. The number of amidine groups is 1. The molecular weight excluding hydrogens is 274 g/mol. The number of benzene rings is 2. The summed E-state index contributed by atoms with van der Waals surface area (Å²) in [4.78, 5) is 3.95. The number of nitrogens with two attached hydrogens (primary N) is 2. The molecule has 4 heteroatoms. The van der Waals surface area contributed by atoms with Gasteiger partial charge in [0.25, 0.3) is 0 Å². The molecule has 0 spiro atoms. The summed E-state index contributed by atoms with van der Waals surface area (Å²) < 4.78 is 5.76. The fourth-order valence-corrected chi connectivity index (χ4v) is 1.95. The SMILES string of the molecule is CN=C(N)c1ccc(OCc2ccc(C=CCN)cc2)cc1. The van der Waals surface area contributed by atoms with Crippen LogP contribution >= 0.6 is 0 Å². The molecule has 0 saturated carbocycles. The second-order valence-electron chi connectivity index (χ2n) is 4.80. The van der Waals surface area contributed by atoms with Crippen LogP contribution in [-0.2, 0) is 6.61 Å². The molecule has 22 heavy (non-hydrogen) atoms. The Balaban J connectivity index is 1.93. The lowest BCUT2D eigenvalue weighted by Crippen LogP contribution is -2.12. The molecule has 0 aromatic heterocycles. The number of nitrogens with zero attached hydrogens (tertiary/aromatic N) is 1. The van der Waals surface area contributed by atoms with Crippen LogP contribution in [0, 0.1) is 0 Å². The van der Waals surface area contributed by atoms with Crippen molar-refractivity contribution in [3.63, 3.8) is 0 Å². The van der Waals surface area contributed by atoms with Crippen molar-refractivity contribution in [1.82, 2.24) is 0 Å². The lowest BCUT2D eigenvalue weighted by molar-refractivity contribution is 0.306. The van der Waals surface area contributed by atoms with Gasteiger partial charge in [-0.15, -0.1) is 0 Å². The maximum Gasteiger partial charge on any atom is 0.125 e. The lowest BCUT2D eigenvalue weighted by Gasteiger charge is -2.07. The van der Waals surface area contributed by atoms with E-state index < -0.39 is 0 Å². The minimum Gasteiger partial charge on any atom is -0.489 e. The van der Waals surface area contributed by atoms with E-state index in [1.807, 2.05) is 60.7 Å². The zero-order valence-corrected chi connectivity index (χ0v) is 12.7. The Labute approximate surface area is 131 Å². The molecule has 0 amide bonds. The largest absolute Gasteiger partial charge is 0.489 e. The van der Waals surface area contributed by atoms with Crippen molar-refractivity contribution in [2.24, 2.45) is 16.5 Å². The summed E-state index contributed by atoms with van der Waals surface area (Å²) in [5.74, 6) is 1.33. The van der Waals surface area contributed by atoms with Gasteiger partial charge in [0.1, 0.15) is 18.2 Å². The first-order chi connectivity index (χ1) is 10.7. The minimum atomic E-state index is 0.521. The van der Waals surface area contributed by atoms with Crippen molar-refractivity contribution in [2.75, 3.05) is 13.6 Å². The summed E-state index contributed by atoms with van der Waals surface area (Å²) in [5, 5.41) is 0. The van der Waals surface area contributed by atoms with Gasteiger partial charge in [-0.1, -0.05) is 36.4 Å². The summed E-state index contributed by atoms with van der Waals surface area (Å²) in [6, 6.07) is 15.8. The summed E-state index contributed by atoms with van der Waals surface area (Å²) >= 11 is 0. The summed E-state index contributed by atoms with van der Waals surface area (Å²) in [7, 11) is 1.67. The highest BCUT2D eigenvalue weighted by molar-refractivity contribution is 5.97. The van der Waals surface area contributed by atoms with Crippen molar-refractivity contribution >= 4 is 11.9 Å². The molecule has 4 nitrogen and oxygen atoms in total. The van der Waals surface area contributed by atoms with E-state index in [1.54, 1.807) is 7.05 Å². The van der Waals surface area contributed by atoms with Crippen LogP contribution in [0.1, 0.15) is 16.7 Å². The quantitative estimate of drug-likeness (QED) is 0.635. The van der Waals surface area contributed by atoms with Gasteiger partial charge in [0, 0.05) is 19.2 Å². The van der Waals surface area contributed by atoms with E-state index in [2.05, 4.69) is 4.99 Å². The molecule has 0 aliphatic carbocycles. The van der Waals surface area contributed by atoms with Gasteiger partial charge in [0.15, 0.2) is 0 Å². The van der Waals surface area contributed by atoms with Gasteiger partial charge in [0.2, 0.25) is 0 Å². The molecular formula is C18H21N3O. The normalized spacial score (nSPS) is 11.8. The zero-order valence-electron chi connectivity index (χ0n) is 12.7. The number of ether oxygens (including phenoxy) is 1. The van der Waals surface area contributed by atoms with Crippen LogP contribution in [0.3, 0.4) is 0 Å². The van der Waals surface area contributed by atoms with E-state index in [1.165, 1.54) is 0 Å². The average molecular weight is 295 g/mol. The maximum absolute atomic E-state index is 5.76.